The second-order valence-electron chi connectivity index (χ2n) is 8.15. The van der Waals surface area contributed by atoms with Crippen LogP contribution in [0.25, 0.3) is 0 Å². The summed E-state index contributed by atoms with van der Waals surface area (Å²) in [5.41, 5.74) is 5.03. The largest absolute Gasteiger partial charge is 0.493 e. The van der Waals surface area contributed by atoms with E-state index in [1.165, 1.54) is 22.3 Å². The third kappa shape index (κ3) is 4.66. The van der Waals surface area contributed by atoms with Crippen molar-refractivity contribution in [3.05, 3.63) is 58.7 Å². The van der Waals surface area contributed by atoms with E-state index in [4.69, 9.17) is 14.5 Å². The van der Waals surface area contributed by atoms with Crippen LogP contribution in [-0.4, -0.2) is 62.1 Å². The molecule has 0 radical (unpaired) electrons. The average Bonchev–Trinajstić information content (AvgIpc) is 2.84. The number of nitrogens with one attached hydrogen (secondary N) is 1. The molecule has 2 heterocycles. The summed E-state index contributed by atoms with van der Waals surface area (Å²) < 4.78 is 10.9. The third-order valence-corrected chi connectivity index (χ3v) is 6.20. The van der Waals surface area contributed by atoms with Crippen LogP contribution < -0.4 is 14.8 Å². The third-order valence-electron chi connectivity index (χ3n) is 6.20. The molecule has 0 fully saturated rings. The zero-order valence-corrected chi connectivity index (χ0v) is 19.2. The Balaban J connectivity index is 1.45. The molecule has 0 spiro atoms. The van der Waals surface area contributed by atoms with Crippen molar-refractivity contribution >= 4 is 11.9 Å². The molecule has 1 N–H and O–H groups in total. The van der Waals surface area contributed by atoms with Crippen molar-refractivity contribution in [2.75, 3.05) is 40.4 Å². The van der Waals surface area contributed by atoms with Crippen LogP contribution in [0.5, 0.6) is 11.5 Å². The summed E-state index contributed by atoms with van der Waals surface area (Å²) in [6.07, 6.45) is 1.79. The van der Waals surface area contributed by atoms with E-state index in [1.54, 1.807) is 14.2 Å². The fraction of sp³-hybridized carbons (Fsp3) is 0.440. The summed E-state index contributed by atoms with van der Waals surface area (Å²) in [6, 6.07) is 12.5. The lowest BCUT2D eigenvalue weighted by atomic mass is 9.99. The first kappa shape index (κ1) is 22.0. The van der Waals surface area contributed by atoms with Crippen LogP contribution in [0.3, 0.4) is 0 Å². The van der Waals surface area contributed by atoms with Gasteiger partial charge in [-0.05, 0) is 54.2 Å². The van der Waals surface area contributed by atoms with E-state index in [1.807, 2.05) is 24.0 Å². The monoisotopic (exact) mass is 436 g/mol. The highest BCUT2D eigenvalue weighted by molar-refractivity contribution is 5.85. The molecule has 0 bridgehead atoms. The summed E-state index contributed by atoms with van der Waals surface area (Å²) in [5, 5.41) is 3.36. The molecular weight excluding hydrogens is 404 g/mol. The molecule has 170 valence electrons. The molecule has 0 unspecified atom stereocenters. The van der Waals surface area contributed by atoms with Gasteiger partial charge in [-0.25, -0.2) is 4.99 Å². The van der Waals surface area contributed by atoms with E-state index in [0.717, 1.165) is 49.9 Å². The molecule has 32 heavy (non-hydrogen) atoms. The number of benzene rings is 2. The summed E-state index contributed by atoms with van der Waals surface area (Å²) in [6.45, 7) is 5.91. The second-order valence-corrected chi connectivity index (χ2v) is 8.15. The van der Waals surface area contributed by atoms with Gasteiger partial charge in [0.1, 0.15) is 6.54 Å². The van der Waals surface area contributed by atoms with Gasteiger partial charge >= 0.3 is 0 Å². The van der Waals surface area contributed by atoms with Crippen molar-refractivity contribution in [1.82, 2.24) is 15.1 Å². The molecule has 2 aliphatic heterocycles. The maximum Gasteiger partial charge on any atom is 0.244 e. The highest BCUT2D eigenvalue weighted by Crippen LogP contribution is 2.33. The van der Waals surface area contributed by atoms with Crippen LogP contribution in [0, 0.1) is 0 Å². The SMILES string of the molecule is CCNC(=NCC(=O)N1CCc2ccccc2C1)N1CCc2cc(OC)c(OC)cc2C1. The quantitative estimate of drug-likeness (QED) is 0.577. The maximum atomic E-state index is 12.9. The fourth-order valence-electron chi connectivity index (χ4n) is 4.44. The Bertz CT molecular complexity index is 1000. The Labute approximate surface area is 190 Å². The van der Waals surface area contributed by atoms with Crippen molar-refractivity contribution in [2.45, 2.75) is 32.9 Å². The molecule has 4 rings (SSSR count). The molecule has 7 heteroatoms. The molecule has 7 nitrogen and oxygen atoms in total. The summed E-state index contributed by atoms with van der Waals surface area (Å²) >= 11 is 0. The molecule has 0 atom stereocenters. The van der Waals surface area contributed by atoms with Gasteiger partial charge in [0.2, 0.25) is 5.91 Å². The van der Waals surface area contributed by atoms with Gasteiger partial charge in [-0.1, -0.05) is 24.3 Å². The first-order valence-electron chi connectivity index (χ1n) is 11.2. The minimum Gasteiger partial charge on any atom is -0.493 e. The van der Waals surface area contributed by atoms with Gasteiger partial charge in [0.25, 0.3) is 0 Å². The van der Waals surface area contributed by atoms with Crippen LogP contribution in [0.15, 0.2) is 41.4 Å². The highest BCUT2D eigenvalue weighted by Gasteiger charge is 2.23. The minimum absolute atomic E-state index is 0.0683. The van der Waals surface area contributed by atoms with Gasteiger partial charge in [0.15, 0.2) is 17.5 Å². The van der Waals surface area contributed by atoms with E-state index in [0.29, 0.717) is 13.1 Å². The Hall–Kier alpha value is -3.22. The van der Waals surface area contributed by atoms with E-state index in [9.17, 15) is 4.79 Å². The highest BCUT2D eigenvalue weighted by atomic mass is 16.5. The van der Waals surface area contributed by atoms with Gasteiger partial charge in [-0.3, -0.25) is 4.79 Å². The van der Waals surface area contributed by atoms with Crippen molar-refractivity contribution < 1.29 is 14.3 Å². The number of carbonyl (C=O) groups excluding carboxylic acids is 1. The molecule has 0 saturated heterocycles. The standard InChI is InChI=1S/C25H32N4O3/c1-4-26-25(27-15-24(30)28-11-9-18-7-5-6-8-20(18)16-28)29-12-10-19-13-22(31-2)23(32-3)14-21(19)17-29/h5-8,13-14H,4,9-12,15-17H2,1-3H3,(H,26,27). The first-order valence-corrected chi connectivity index (χ1v) is 11.2. The molecule has 2 aromatic rings. The van der Waals surface area contributed by atoms with Crippen LogP contribution in [0.1, 0.15) is 29.2 Å². The number of carbonyl (C=O) groups is 1. The number of methoxy groups -OCH3 is 2. The number of aliphatic imine (C=N–C) groups is 1. The molecule has 0 aromatic heterocycles. The predicted molar refractivity (Wildman–Crippen MR) is 125 cm³/mol. The fourth-order valence-corrected chi connectivity index (χ4v) is 4.44. The minimum atomic E-state index is 0.0683. The van der Waals surface area contributed by atoms with Gasteiger partial charge < -0.3 is 24.6 Å². The van der Waals surface area contributed by atoms with E-state index in [2.05, 4.69) is 34.5 Å². The van der Waals surface area contributed by atoms with Crippen molar-refractivity contribution in [3.8, 4) is 11.5 Å². The molecule has 0 aliphatic carbocycles. The van der Waals surface area contributed by atoms with Crippen LogP contribution >= 0.6 is 0 Å². The Morgan fingerprint density at radius 1 is 0.938 bits per heavy atom. The van der Waals surface area contributed by atoms with Crippen LogP contribution in [0.4, 0.5) is 0 Å². The van der Waals surface area contributed by atoms with E-state index < -0.39 is 0 Å². The normalized spacial score (nSPS) is 15.7. The predicted octanol–water partition coefficient (Wildman–Crippen LogP) is 2.61. The zero-order chi connectivity index (χ0) is 22.5. The number of hydrogen-bond acceptors (Lipinski definition) is 4. The van der Waals surface area contributed by atoms with Gasteiger partial charge in [0, 0.05) is 32.7 Å². The lowest BCUT2D eigenvalue weighted by Crippen LogP contribution is -2.45. The van der Waals surface area contributed by atoms with Crippen LogP contribution in [-0.2, 0) is 30.7 Å². The average molecular weight is 437 g/mol. The number of hydrogen-bond donors (Lipinski definition) is 1. The van der Waals surface area contributed by atoms with Crippen molar-refractivity contribution in [1.29, 1.82) is 0 Å². The number of rotatable bonds is 5. The summed E-state index contributed by atoms with van der Waals surface area (Å²) in [4.78, 5) is 21.7. The van der Waals surface area contributed by atoms with Crippen molar-refractivity contribution in [3.63, 3.8) is 0 Å². The molecule has 1 amide bonds. The molecule has 0 saturated carbocycles. The number of amides is 1. The number of ether oxygens (including phenoxy) is 2. The summed E-state index contributed by atoms with van der Waals surface area (Å²) in [5.74, 6) is 2.34. The topological polar surface area (TPSA) is 66.4 Å². The Kier molecular flexibility index (Phi) is 6.83. The van der Waals surface area contributed by atoms with Crippen molar-refractivity contribution in [2.24, 2.45) is 4.99 Å². The lowest BCUT2D eigenvalue weighted by Gasteiger charge is -2.32. The van der Waals surface area contributed by atoms with Gasteiger partial charge in [-0.2, -0.15) is 0 Å². The molecule has 2 aromatic carbocycles. The first-order chi connectivity index (χ1) is 15.6. The van der Waals surface area contributed by atoms with Crippen LogP contribution in [0.2, 0.25) is 0 Å². The molecule has 2 aliphatic rings. The van der Waals surface area contributed by atoms with E-state index in [-0.39, 0.29) is 12.5 Å². The number of fused-ring (bicyclic) bond motifs is 2. The van der Waals surface area contributed by atoms with Gasteiger partial charge in [0.05, 0.1) is 14.2 Å². The summed E-state index contributed by atoms with van der Waals surface area (Å²) in [7, 11) is 3.31. The molecular formula is C25H32N4O3. The number of nitrogens with zero attached hydrogens (tertiary/aromatic N) is 3. The zero-order valence-electron chi connectivity index (χ0n) is 19.2. The Morgan fingerprint density at radius 3 is 2.28 bits per heavy atom. The maximum absolute atomic E-state index is 12.9. The Morgan fingerprint density at radius 2 is 1.56 bits per heavy atom. The lowest BCUT2D eigenvalue weighted by molar-refractivity contribution is -0.130. The van der Waals surface area contributed by atoms with E-state index >= 15 is 0 Å². The number of guanidine groups is 1. The smallest absolute Gasteiger partial charge is 0.244 e. The second kappa shape index (κ2) is 9.94. The van der Waals surface area contributed by atoms with Gasteiger partial charge in [-0.15, -0.1) is 0 Å².